The highest BCUT2D eigenvalue weighted by molar-refractivity contribution is 5.60. The highest BCUT2D eigenvalue weighted by Crippen LogP contribution is 2.39. The van der Waals surface area contributed by atoms with Crippen LogP contribution in [0.3, 0.4) is 0 Å². The summed E-state index contributed by atoms with van der Waals surface area (Å²) in [7, 11) is 0. The summed E-state index contributed by atoms with van der Waals surface area (Å²) >= 11 is 0. The fourth-order valence-electron chi connectivity index (χ4n) is 2.99. The molecule has 0 spiro atoms. The Morgan fingerprint density at radius 3 is 2.50 bits per heavy atom. The minimum atomic E-state index is 0.0241. The standard InChI is InChI=1S/C14H25NO/c1-2-3-10-15(13-6-7-13)11-14(12-16)8-4-5-9-14/h12-13H,2-11H2,1H3. The lowest BCUT2D eigenvalue weighted by atomic mass is 9.87. The first-order valence-corrected chi connectivity index (χ1v) is 7.00. The van der Waals surface area contributed by atoms with Crippen LogP contribution < -0.4 is 0 Å². The number of hydrogen-bond acceptors (Lipinski definition) is 2. The van der Waals surface area contributed by atoms with Crippen molar-refractivity contribution in [2.75, 3.05) is 13.1 Å². The van der Waals surface area contributed by atoms with E-state index in [2.05, 4.69) is 11.8 Å². The molecule has 0 saturated heterocycles. The molecule has 0 bridgehead atoms. The second-order valence-corrected chi connectivity index (χ2v) is 5.74. The molecule has 0 heterocycles. The Kier molecular flexibility index (Phi) is 4.01. The minimum absolute atomic E-state index is 0.0241. The number of carbonyl (C=O) groups excluding carboxylic acids is 1. The van der Waals surface area contributed by atoms with Crippen LogP contribution in [0.15, 0.2) is 0 Å². The molecule has 2 heteroatoms. The number of nitrogens with zero attached hydrogens (tertiary/aromatic N) is 1. The lowest BCUT2D eigenvalue weighted by Crippen LogP contribution is -2.39. The van der Waals surface area contributed by atoms with Crippen molar-refractivity contribution >= 4 is 6.29 Å². The van der Waals surface area contributed by atoms with Gasteiger partial charge in [-0.05, 0) is 38.6 Å². The summed E-state index contributed by atoms with van der Waals surface area (Å²) in [5.41, 5.74) is 0.0241. The van der Waals surface area contributed by atoms with Crippen molar-refractivity contribution in [2.24, 2.45) is 5.41 Å². The van der Waals surface area contributed by atoms with Gasteiger partial charge in [0.15, 0.2) is 0 Å². The van der Waals surface area contributed by atoms with Crippen LogP contribution in [0.4, 0.5) is 0 Å². The van der Waals surface area contributed by atoms with Crippen molar-refractivity contribution < 1.29 is 4.79 Å². The Labute approximate surface area is 99.4 Å². The summed E-state index contributed by atoms with van der Waals surface area (Å²) < 4.78 is 0. The topological polar surface area (TPSA) is 20.3 Å². The first kappa shape index (κ1) is 12.1. The van der Waals surface area contributed by atoms with E-state index in [9.17, 15) is 4.79 Å². The van der Waals surface area contributed by atoms with E-state index >= 15 is 0 Å². The maximum absolute atomic E-state index is 11.4. The summed E-state index contributed by atoms with van der Waals surface area (Å²) in [6.07, 6.45) is 11.3. The van der Waals surface area contributed by atoms with Gasteiger partial charge in [0.2, 0.25) is 0 Å². The molecule has 2 aliphatic rings. The van der Waals surface area contributed by atoms with E-state index in [4.69, 9.17) is 0 Å². The molecule has 16 heavy (non-hydrogen) atoms. The van der Waals surface area contributed by atoms with Crippen LogP contribution in [0.5, 0.6) is 0 Å². The van der Waals surface area contributed by atoms with Crippen molar-refractivity contribution in [1.82, 2.24) is 4.90 Å². The highest BCUT2D eigenvalue weighted by atomic mass is 16.1. The molecule has 0 aromatic carbocycles. The molecule has 2 saturated carbocycles. The highest BCUT2D eigenvalue weighted by Gasteiger charge is 2.39. The van der Waals surface area contributed by atoms with E-state index in [0.717, 1.165) is 25.4 Å². The monoisotopic (exact) mass is 223 g/mol. The fourth-order valence-corrected chi connectivity index (χ4v) is 2.99. The van der Waals surface area contributed by atoms with Crippen LogP contribution in [0.25, 0.3) is 0 Å². The average molecular weight is 223 g/mol. The van der Waals surface area contributed by atoms with Crippen LogP contribution in [0.1, 0.15) is 58.3 Å². The van der Waals surface area contributed by atoms with E-state index in [1.165, 1.54) is 51.4 Å². The van der Waals surface area contributed by atoms with Crippen LogP contribution >= 0.6 is 0 Å². The summed E-state index contributed by atoms with van der Waals surface area (Å²) in [6, 6.07) is 0.809. The Balaban J connectivity index is 1.90. The van der Waals surface area contributed by atoms with Gasteiger partial charge >= 0.3 is 0 Å². The van der Waals surface area contributed by atoms with Gasteiger partial charge in [-0.2, -0.15) is 0 Å². The maximum atomic E-state index is 11.4. The summed E-state index contributed by atoms with van der Waals surface area (Å²) in [5.74, 6) is 0. The third-order valence-corrected chi connectivity index (χ3v) is 4.23. The zero-order valence-corrected chi connectivity index (χ0v) is 10.6. The van der Waals surface area contributed by atoms with E-state index < -0.39 is 0 Å². The molecule has 2 aliphatic carbocycles. The molecule has 0 radical (unpaired) electrons. The van der Waals surface area contributed by atoms with Gasteiger partial charge in [-0.25, -0.2) is 0 Å². The molecule has 0 aromatic rings. The molecule has 0 atom stereocenters. The molecule has 0 N–H and O–H groups in total. The van der Waals surface area contributed by atoms with E-state index in [1.807, 2.05) is 0 Å². The Hall–Kier alpha value is -0.370. The van der Waals surface area contributed by atoms with Crippen LogP contribution in [0.2, 0.25) is 0 Å². The predicted octanol–water partition coefficient (Wildman–Crippen LogP) is 3.01. The number of hydrogen-bond donors (Lipinski definition) is 0. The Morgan fingerprint density at radius 2 is 2.00 bits per heavy atom. The van der Waals surface area contributed by atoms with Gasteiger partial charge in [-0.3, -0.25) is 4.90 Å². The molecule has 2 rings (SSSR count). The number of carbonyl (C=O) groups is 1. The smallest absolute Gasteiger partial charge is 0.127 e. The molecule has 0 amide bonds. The van der Waals surface area contributed by atoms with Crippen molar-refractivity contribution in [2.45, 2.75) is 64.3 Å². The fraction of sp³-hybridized carbons (Fsp3) is 0.929. The van der Waals surface area contributed by atoms with Gasteiger partial charge in [0.25, 0.3) is 0 Å². The van der Waals surface area contributed by atoms with Gasteiger partial charge in [0.05, 0.1) is 0 Å². The van der Waals surface area contributed by atoms with Crippen LogP contribution in [0, 0.1) is 5.41 Å². The van der Waals surface area contributed by atoms with Gasteiger partial charge in [-0.15, -0.1) is 0 Å². The second kappa shape index (κ2) is 5.31. The average Bonchev–Trinajstić information content (AvgIpc) is 3.05. The van der Waals surface area contributed by atoms with E-state index in [0.29, 0.717) is 0 Å². The second-order valence-electron chi connectivity index (χ2n) is 5.74. The summed E-state index contributed by atoms with van der Waals surface area (Å²) in [5, 5.41) is 0. The lowest BCUT2D eigenvalue weighted by molar-refractivity contribution is -0.117. The van der Waals surface area contributed by atoms with Crippen LogP contribution in [-0.2, 0) is 4.79 Å². The number of rotatable bonds is 7. The predicted molar refractivity (Wildman–Crippen MR) is 66.5 cm³/mol. The van der Waals surface area contributed by atoms with Crippen molar-refractivity contribution in [3.8, 4) is 0 Å². The van der Waals surface area contributed by atoms with E-state index in [-0.39, 0.29) is 5.41 Å². The molecule has 2 nitrogen and oxygen atoms in total. The zero-order chi connectivity index (χ0) is 11.4. The van der Waals surface area contributed by atoms with Gasteiger partial charge in [0.1, 0.15) is 6.29 Å². The van der Waals surface area contributed by atoms with Crippen LogP contribution in [-0.4, -0.2) is 30.3 Å². The van der Waals surface area contributed by atoms with Crippen molar-refractivity contribution in [1.29, 1.82) is 0 Å². The number of aldehydes is 1. The van der Waals surface area contributed by atoms with Crippen molar-refractivity contribution in [3.63, 3.8) is 0 Å². The van der Waals surface area contributed by atoms with E-state index in [1.54, 1.807) is 0 Å². The third-order valence-electron chi connectivity index (χ3n) is 4.23. The molecule has 0 aliphatic heterocycles. The maximum Gasteiger partial charge on any atom is 0.127 e. The molecule has 0 unspecified atom stereocenters. The Bertz CT molecular complexity index is 229. The lowest BCUT2D eigenvalue weighted by Gasteiger charge is -2.31. The molecule has 92 valence electrons. The molecule has 2 fully saturated rings. The number of unbranched alkanes of at least 4 members (excludes halogenated alkanes) is 1. The molecular formula is C14H25NO. The van der Waals surface area contributed by atoms with Gasteiger partial charge < -0.3 is 4.79 Å². The normalized spacial score (nSPS) is 23.9. The van der Waals surface area contributed by atoms with Gasteiger partial charge in [0, 0.05) is 18.0 Å². The summed E-state index contributed by atoms with van der Waals surface area (Å²) in [6.45, 7) is 4.49. The first-order valence-electron chi connectivity index (χ1n) is 7.00. The molecule has 0 aromatic heterocycles. The molecular weight excluding hydrogens is 198 g/mol. The third kappa shape index (κ3) is 2.85. The van der Waals surface area contributed by atoms with Gasteiger partial charge in [-0.1, -0.05) is 26.2 Å². The SMILES string of the molecule is CCCCN(CC1(C=O)CCCC1)C1CC1. The quantitative estimate of drug-likeness (QED) is 0.618. The first-order chi connectivity index (χ1) is 7.79. The largest absolute Gasteiger partial charge is 0.303 e. The summed E-state index contributed by atoms with van der Waals surface area (Å²) in [4.78, 5) is 14.0. The zero-order valence-electron chi connectivity index (χ0n) is 10.6. The van der Waals surface area contributed by atoms with Crippen molar-refractivity contribution in [3.05, 3.63) is 0 Å². The Morgan fingerprint density at radius 1 is 1.31 bits per heavy atom. The minimum Gasteiger partial charge on any atom is -0.303 e.